The highest BCUT2D eigenvalue weighted by atomic mass is 14.9. The van der Waals surface area contributed by atoms with Crippen molar-refractivity contribution in [3.63, 3.8) is 0 Å². The molecule has 2 rings (SSSR count). The number of rotatable bonds is 5. The van der Waals surface area contributed by atoms with Crippen LogP contribution >= 0.6 is 0 Å². The van der Waals surface area contributed by atoms with Crippen LogP contribution in [0.15, 0.2) is 55.1 Å². The van der Waals surface area contributed by atoms with E-state index in [0.717, 1.165) is 13.0 Å². The van der Waals surface area contributed by atoms with Gasteiger partial charge in [-0.05, 0) is 35.4 Å². The normalized spacial score (nSPS) is 12.5. The first kappa shape index (κ1) is 11.9. The zero-order valence-corrected chi connectivity index (χ0v) is 10.3. The molecule has 2 aromatic carbocycles. The van der Waals surface area contributed by atoms with Gasteiger partial charge in [0, 0.05) is 6.04 Å². The van der Waals surface area contributed by atoms with Gasteiger partial charge < -0.3 is 5.32 Å². The van der Waals surface area contributed by atoms with Crippen molar-refractivity contribution in [2.24, 2.45) is 0 Å². The summed E-state index contributed by atoms with van der Waals surface area (Å²) in [4.78, 5) is 0. The smallest absolute Gasteiger partial charge is 0.0354 e. The molecule has 1 unspecified atom stereocenters. The fraction of sp³-hybridized carbons (Fsp3) is 0.250. The largest absolute Gasteiger partial charge is 0.310 e. The lowest BCUT2D eigenvalue weighted by atomic mass is 10.00. The van der Waals surface area contributed by atoms with E-state index in [-0.39, 0.29) is 0 Å². The van der Waals surface area contributed by atoms with E-state index >= 15 is 0 Å². The minimum Gasteiger partial charge on any atom is -0.310 e. The molecule has 0 fully saturated rings. The zero-order chi connectivity index (χ0) is 12.1. The van der Waals surface area contributed by atoms with Gasteiger partial charge in [0.2, 0.25) is 0 Å². The molecule has 0 aliphatic heterocycles. The fourth-order valence-electron chi connectivity index (χ4n) is 2.17. The third kappa shape index (κ3) is 2.75. The number of hydrogen-bond donors (Lipinski definition) is 1. The lowest BCUT2D eigenvalue weighted by Gasteiger charge is -2.17. The van der Waals surface area contributed by atoms with Crippen LogP contribution in [0.5, 0.6) is 0 Å². The van der Waals surface area contributed by atoms with Crippen LogP contribution in [-0.2, 0) is 0 Å². The Labute approximate surface area is 103 Å². The fourth-order valence-corrected chi connectivity index (χ4v) is 2.17. The van der Waals surface area contributed by atoms with E-state index in [1.807, 2.05) is 6.08 Å². The molecule has 0 aromatic heterocycles. The van der Waals surface area contributed by atoms with Crippen molar-refractivity contribution >= 4 is 10.8 Å². The van der Waals surface area contributed by atoms with E-state index in [2.05, 4.69) is 61.3 Å². The summed E-state index contributed by atoms with van der Waals surface area (Å²) in [5.41, 5.74) is 1.34. The summed E-state index contributed by atoms with van der Waals surface area (Å²) in [7, 11) is 0. The third-order valence-corrected chi connectivity index (χ3v) is 3.03. The van der Waals surface area contributed by atoms with Crippen LogP contribution in [0.2, 0.25) is 0 Å². The Morgan fingerprint density at radius 2 is 1.94 bits per heavy atom. The van der Waals surface area contributed by atoms with Crippen LogP contribution < -0.4 is 5.32 Å². The van der Waals surface area contributed by atoms with Crippen LogP contribution in [0.3, 0.4) is 0 Å². The van der Waals surface area contributed by atoms with E-state index in [4.69, 9.17) is 0 Å². The second-order valence-corrected chi connectivity index (χ2v) is 4.24. The molecule has 0 saturated heterocycles. The summed E-state index contributed by atoms with van der Waals surface area (Å²) in [6, 6.07) is 15.5. The maximum atomic E-state index is 3.83. The summed E-state index contributed by atoms with van der Waals surface area (Å²) in [5, 5.41) is 6.09. The minimum atomic E-state index is 0.377. The Kier molecular flexibility index (Phi) is 3.94. The Balaban J connectivity index is 2.35. The average Bonchev–Trinajstić information content (AvgIpc) is 2.38. The van der Waals surface area contributed by atoms with Gasteiger partial charge in [-0.3, -0.25) is 0 Å². The highest BCUT2D eigenvalue weighted by molar-refractivity contribution is 5.83. The zero-order valence-electron chi connectivity index (χ0n) is 10.3. The molecular formula is C16H19N. The van der Waals surface area contributed by atoms with Gasteiger partial charge in [-0.25, -0.2) is 0 Å². The number of nitrogens with one attached hydrogen (secondary N) is 1. The van der Waals surface area contributed by atoms with Crippen LogP contribution in [0.1, 0.15) is 24.9 Å². The quantitative estimate of drug-likeness (QED) is 0.756. The van der Waals surface area contributed by atoms with Gasteiger partial charge >= 0.3 is 0 Å². The van der Waals surface area contributed by atoms with Gasteiger partial charge in [0.15, 0.2) is 0 Å². The predicted octanol–water partition coefficient (Wildman–Crippen LogP) is 4.07. The van der Waals surface area contributed by atoms with E-state index in [1.165, 1.54) is 16.3 Å². The second-order valence-electron chi connectivity index (χ2n) is 4.24. The molecule has 1 nitrogen and oxygen atoms in total. The van der Waals surface area contributed by atoms with Gasteiger partial charge in [-0.15, -0.1) is 6.58 Å². The number of hydrogen-bond acceptors (Lipinski definition) is 1. The molecule has 0 aliphatic rings. The molecule has 1 atom stereocenters. The van der Waals surface area contributed by atoms with Crippen LogP contribution in [0, 0.1) is 0 Å². The minimum absolute atomic E-state index is 0.377. The van der Waals surface area contributed by atoms with E-state index in [0.29, 0.717) is 6.04 Å². The molecule has 0 radical (unpaired) electrons. The Bertz CT molecular complexity index is 502. The SMILES string of the molecule is C=CCC(NCC)c1ccc2ccccc2c1. The lowest BCUT2D eigenvalue weighted by molar-refractivity contribution is 0.559. The average molecular weight is 225 g/mol. The van der Waals surface area contributed by atoms with Gasteiger partial charge in [0.1, 0.15) is 0 Å². The van der Waals surface area contributed by atoms with Gasteiger partial charge in [-0.1, -0.05) is 49.4 Å². The van der Waals surface area contributed by atoms with Crippen LogP contribution in [0.25, 0.3) is 10.8 Å². The van der Waals surface area contributed by atoms with E-state index in [1.54, 1.807) is 0 Å². The van der Waals surface area contributed by atoms with Crippen molar-refractivity contribution in [3.05, 3.63) is 60.7 Å². The number of fused-ring (bicyclic) bond motifs is 1. The molecule has 0 saturated carbocycles. The molecule has 0 heterocycles. The summed E-state index contributed by atoms with van der Waals surface area (Å²) >= 11 is 0. The summed E-state index contributed by atoms with van der Waals surface area (Å²) in [6.07, 6.45) is 2.94. The van der Waals surface area contributed by atoms with Crippen molar-refractivity contribution < 1.29 is 0 Å². The highest BCUT2D eigenvalue weighted by Crippen LogP contribution is 2.22. The standard InChI is InChI=1S/C16H19N/c1-3-7-16(17-4-2)15-11-10-13-8-5-6-9-14(13)12-15/h3,5-6,8-12,16-17H,1,4,7H2,2H3. The monoisotopic (exact) mass is 225 g/mol. The lowest BCUT2D eigenvalue weighted by Crippen LogP contribution is -2.20. The maximum Gasteiger partial charge on any atom is 0.0354 e. The van der Waals surface area contributed by atoms with Crippen LogP contribution in [0.4, 0.5) is 0 Å². The third-order valence-electron chi connectivity index (χ3n) is 3.03. The van der Waals surface area contributed by atoms with E-state index < -0.39 is 0 Å². The highest BCUT2D eigenvalue weighted by Gasteiger charge is 2.08. The number of benzene rings is 2. The molecule has 0 bridgehead atoms. The summed E-state index contributed by atoms with van der Waals surface area (Å²) < 4.78 is 0. The predicted molar refractivity (Wildman–Crippen MR) is 75.2 cm³/mol. The second kappa shape index (κ2) is 5.65. The summed E-state index contributed by atoms with van der Waals surface area (Å²) in [5.74, 6) is 0. The molecule has 0 amide bonds. The van der Waals surface area contributed by atoms with Gasteiger partial charge in [-0.2, -0.15) is 0 Å². The molecule has 0 spiro atoms. The van der Waals surface area contributed by atoms with Crippen molar-refractivity contribution in [3.8, 4) is 0 Å². The van der Waals surface area contributed by atoms with Gasteiger partial charge in [0.05, 0.1) is 0 Å². The van der Waals surface area contributed by atoms with Gasteiger partial charge in [0.25, 0.3) is 0 Å². The summed E-state index contributed by atoms with van der Waals surface area (Å²) in [6.45, 7) is 6.94. The van der Waals surface area contributed by atoms with Crippen LogP contribution in [-0.4, -0.2) is 6.54 Å². The topological polar surface area (TPSA) is 12.0 Å². The molecule has 88 valence electrons. The molecule has 0 aliphatic carbocycles. The first-order valence-corrected chi connectivity index (χ1v) is 6.18. The first-order chi connectivity index (χ1) is 8.35. The molecular weight excluding hydrogens is 206 g/mol. The molecule has 1 heteroatoms. The Morgan fingerprint density at radius 1 is 1.18 bits per heavy atom. The van der Waals surface area contributed by atoms with Crippen molar-refractivity contribution in [1.82, 2.24) is 5.32 Å². The van der Waals surface area contributed by atoms with Crippen molar-refractivity contribution in [1.29, 1.82) is 0 Å². The van der Waals surface area contributed by atoms with E-state index in [9.17, 15) is 0 Å². The maximum absolute atomic E-state index is 3.83. The van der Waals surface area contributed by atoms with Crippen molar-refractivity contribution in [2.75, 3.05) is 6.54 Å². The molecule has 2 aromatic rings. The molecule has 1 N–H and O–H groups in total. The first-order valence-electron chi connectivity index (χ1n) is 6.18. The Hall–Kier alpha value is -1.60. The van der Waals surface area contributed by atoms with Crippen molar-refractivity contribution in [2.45, 2.75) is 19.4 Å². The Morgan fingerprint density at radius 3 is 2.65 bits per heavy atom. The molecule has 17 heavy (non-hydrogen) atoms.